The molecule has 1 aliphatic carbocycles. The van der Waals surface area contributed by atoms with Crippen molar-refractivity contribution in [1.29, 1.82) is 0 Å². The predicted octanol–water partition coefficient (Wildman–Crippen LogP) is 2.15. The van der Waals surface area contributed by atoms with Gasteiger partial charge in [0.15, 0.2) is 5.78 Å². The van der Waals surface area contributed by atoms with Crippen LogP contribution < -0.4 is 5.32 Å². The minimum absolute atomic E-state index is 0.0302. The van der Waals surface area contributed by atoms with Crippen LogP contribution in [-0.4, -0.2) is 35.0 Å². The number of Topliss-reactive ketones (excluding diaryl/α,β-unsaturated/α-hetero) is 1. The molecule has 1 heterocycles. The zero-order valence-corrected chi connectivity index (χ0v) is 11.7. The van der Waals surface area contributed by atoms with E-state index in [2.05, 4.69) is 15.0 Å². The number of aromatic hydroxyl groups is 1. The number of anilines is 1. The van der Waals surface area contributed by atoms with Gasteiger partial charge < -0.3 is 15.2 Å². The first-order valence-corrected chi connectivity index (χ1v) is 6.65. The number of carbonyl (C=O) groups excluding carboxylic acids is 2. The summed E-state index contributed by atoms with van der Waals surface area (Å²) in [5, 5.41) is 12.6. The Morgan fingerprint density at radius 3 is 2.80 bits per heavy atom. The molecule has 1 fully saturated rings. The maximum atomic E-state index is 12.1. The molecule has 2 rings (SSSR count). The second kappa shape index (κ2) is 6.09. The number of nitrogens with one attached hydrogen (secondary N) is 1. The maximum absolute atomic E-state index is 12.1. The normalized spacial score (nSPS) is 14.5. The number of hydrogen-bond acceptors (Lipinski definition) is 6. The minimum atomic E-state index is -0.631. The van der Waals surface area contributed by atoms with Gasteiger partial charge in [-0.05, 0) is 25.3 Å². The van der Waals surface area contributed by atoms with Gasteiger partial charge in [0.05, 0.1) is 12.7 Å². The fraction of sp³-hybridized carbons (Fsp3) is 0.462. The molecular formula is C13H15ClN2O4. The molecule has 1 aromatic rings. The van der Waals surface area contributed by atoms with Gasteiger partial charge in [0.2, 0.25) is 5.88 Å². The summed E-state index contributed by atoms with van der Waals surface area (Å²) in [7, 11) is 1.21. The highest BCUT2D eigenvalue weighted by atomic mass is 35.5. The van der Waals surface area contributed by atoms with Crippen molar-refractivity contribution in [1.82, 2.24) is 4.98 Å². The summed E-state index contributed by atoms with van der Waals surface area (Å²) in [6, 6.07) is 1.55. The monoisotopic (exact) mass is 298 g/mol. The van der Waals surface area contributed by atoms with Crippen molar-refractivity contribution >= 4 is 29.2 Å². The molecule has 0 unspecified atom stereocenters. The van der Waals surface area contributed by atoms with E-state index < -0.39 is 18.2 Å². The lowest BCUT2D eigenvalue weighted by Crippen LogP contribution is -2.28. The lowest BCUT2D eigenvalue weighted by atomic mass is 9.93. The zero-order chi connectivity index (χ0) is 14.7. The summed E-state index contributed by atoms with van der Waals surface area (Å²) in [5.74, 6) is -1.17. The van der Waals surface area contributed by atoms with Crippen LogP contribution in [0.4, 0.5) is 5.82 Å². The Balaban J connectivity index is 2.26. The highest BCUT2D eigenvalue weighted by molar-refractivity contribution is 6.32. The first-order chi connectivity index (χ1) is 9.51. The van der Waals surface area contributed by atoms with Crippen LogP contribution in [0.2, 0.25) is 5.02 Å². The number of halogens is 1. The fourth-order valence-corrected chi connectivity index (χ4v) is 2.00. The topological polar surface area (TPSA) is 88.5 Å². The van der Waals surface area contributed by atoms with E-state index in [9.17, 15) is 14.7 Å². The molecule has 1 saturated carbocycles. The van der Waals surface area contributed by atoms with Gasteiger partial charge in [-0.1, -0.05) is 11.6 Å². The van der Waals surface area contributed by atoms with Crippen molar-refractivity contribution in [2.75, 3.05) is 12.4 Å². The Morgan fingerprint density at radius 1 is 1.55 bits per heavy atom. The van der Waals surface area contributed by atoms with Gasteiger partial charge in [0.1, 0.15) is 17.3 Å². The Hall–Kier alpha value is -1.82. The van der Waals surface area contributed by atoms with Crippen LogP contribution in [0.15, 0.2) is 6.07 Å². The molecule has 0 atom stereocenters. The molecule has 2 N–H and O–H groups in total. The molecule has 20 heavy (non-hydrogen) atoms. The molecule has 0 radical (unpaired) electrons. The molecule has 0 saturated heterocycles. The number of nitrogens with zero attached hydrogens (tertiary/aromatic N) is 1. The second-order valence-electron chi connectivity index (χ2n) is 4.64. The number of pyridine rings is 1. The molecule has 7 heteroatoms. The van der Waals surface area contributed by atoms with Crippen LogP contribution >= 0.6 is 11.6 Å². The van der Waals surface area contributed by atoms with Crippen LogP contribution in [-0.2, 0) is 9.53 Å². The Bertz CT molecular complexity index is 543. The van der Waals surface area contributed by atoms with Crippen LogP contribution in [0.25, 0.3) is 0 Å². The van der Waals surface area contributed by atoms with Crippen molar-refractivity contribution < 1.29 is 19.4 Å². The SMILES string of the molecule is COC(=O)CC(=O)c1cc(Cl)c(O)nc1NC1CCC1. The van der Waals surface area contributed by atoms with E-state index in [1.165, 1.54) is 13.2 Å². The van der Waals surface area contributed by atoms with Crippen molar-refractivity contribution in [3.8, 4) is 5.88 Å². The number of hydrogen-bond donors (Lipinski definition) is 2. The third-order valence-electron chi connectivity index (χ3n) is 3.24. The first kappa shape index (κ1) is 14.6. The lowest BCUT2D eigenvalue weighted by Gasteiger charge is -2.27. The van der Waals surface area contributed by atoms with Gasteiger partial charge >= 0.3 is 5.97 Å². The van der Waals surface area contributed by atoms with E-state index in [1.54, 1.807) is 0 Å². The third-order valence-corrected chi connectivity index (χ3v) is 3.51. The smallest absolute Gasteiger partial charge is 0.313 e. The van der Waals surface area contributed by atoms with Crippen LogP contribution in [0.1, 0.15) is 36.0 Å². The first-order valence-electron chi connectivity index (χ1n) is 6.27. The summed E-state index contributed by atoms with van der Waals surface area (Å²) >= 11 is 5.78. The summed E-state index contributed by atoms with van der Waals surface area (Å²) in [6.45, 7) is 0. The molecule has 0 spiro atoms. The van der Waals surface area contributed by atoms with E-state index in [4.69, 9.17) is 11.6 Å². The summed E-state index contributed by atoms with van der Waals surface area (Å²) in [4.78, 5) is 27.1. The maximum Gasteiger partial charge on any atom is 0.313 e. The molecule has 0 aromatic carbocycles. The largest absolute Gasteiger partial charge is 0.492 e. The van der Waals surface area contributed by atoms with E-state index in [-0.39, 0.29) is 28.3 Å². The zero-order valence-electron chi connectivity index (χ0n) is 11.0. The van der Waals surface area contributed by atoms with Gasteiger partial charge in [0, 0.05) is 6.04 Å². The summed E-state index contributed by atoms with van der Waals surface area (Å²) in [5.41, 5.74) is 0.185. The number of ketones is 1. The van der Waals surface area contributed by atoms with E-state index in [1.807, 2.05) is 0 Å². The molecular weight excluding hydrogens is 284 g/mol. The van der Waals surface area contributed by atoms with Gasteiger partial charge in [-0.2, -0.15) is 4.98 Å². The quantitative estimate of drug-likeness (QED) is 0.492. The molecule has 0 amide bonds. The number of ether oxygens (including phenoxy) is 1. The number of aromatic nitrogens is 1. The second-order valence-corrected chi connectivity index (χ2v) is 5.05. The molecule has 1 aromatic heterocycles. The Labute approximate surface area is 121 Å². The standard InChI is InChI=1S/C13H15ClN2O4/c1-20-11(18)6-10(17)8-5-9(14)13(19)16-12(8)15-7-3-2-4-7/h5,7H,2-4,6H2,1H3,(H2,15,16,19). The number of carbonyl (C=O) groups is 2. The average molecular weight is 299 g/mol. The van der Waals surface area contributed by atoms with Gasteiger partial charge in [-0.15, -0.1) is 0 Å². The molecule has 1 aliphatic rings. The number of esters is 1. The van der Waals surface area contributed by atoms with Crippen molar-refractivity contribution in [2.45, 2.75) is 31.7 Å². The highest BCUT2D eigenvalue weighted by Crippen LogP contribution is 2.30. The van der Waals surface area contributed by atoms with Crippen LogP contribution in [0.3, 0.4) is 0 Å². The Kier molecular flexibility index (Phi) is 4.44. The highest BCUT2D eigenvalue weighted by Gasteiger charge is 2.23. The fourth-order valence-electron chi connectivity index (χ4n) is 1.85. The molecule has 6 nitrogen and oxygen atoms in total. The number of methoxy groups -OCH3 is 1. The molecule has 0 aliphatic heterocycles. The van der Waals surface area contributed by atoms with E-state index >= 15 is 0 Å². The molecule has 0 bridgehead atoms. The van der Waals surface area contributed by atoms with Gasteiger partial charge in [-0.3, -0.25) is 9.59 Å². The van der Waals surface area contributed by atoms with Crippen molar-refractivity contribution in [3.05, 3.63) is 16.7 Å². The molecule has 108 valence electrons. The third kappa shape index (κ3) is 3.19. The number of rotatable bonds is 5. The lowest BCUT2D eigenvalue weighted by molar-refractivity contribution is -0.139. The van der Waals surface area contributed by atoms with Crippen molar-refractivity contribution in [2.24, 2.45) is 0 Å². The van der Waals surface area contributed by atoms with Gasteiger partial charge in [0.25, 0.3) is 0 Å². The predicted molar refractivity (Wildman–Crippen MR) is 73.1 cm³/mol. The summed E-state index contributed by atoms with van der Waals surface area (Å²) in [6.07, 6.45) is 2.69. The van der Waals surface area contributed by atoms with Crippen LogP contribution in [0, 0.1) is 0 Å². The Morgan fingerprint density at radius 2 is 2.25 bits per heavy atom. The van der Waals surface area contributed by atoms with E-state index in [0.717, 1.165) is 19.3 Å². The van der Waals surface area contributed by atoms with Crippen molar-refractivity contribution in [3.63, 3.8) is 0 Å². The minimum Gasteiger partial charge on any atom is -0.492 e. The van der Waals surface area contributed by atoms with Crippen LogP contribution in [0.5, 0.6) is 5.88 Å². The van der Waals surface area contributed by atoms with E-state index in [0.29, 0.717) is 0 Å². The average Bonchev–Trinajstić information content (AvgIpc) is 2.37. The van der Waals surface area contributed by atoms with Gasteiger partial charge in [-0.25, -0.2) is 0 Å². The summed E-state index contributed by atoms with van der Waals surface area (Å²) < 4.78 is 4.47.